The average molecular weight is 287 g/mol. The fourth-order valence-corrected chi connectivity index (χ4v) is 2.74. The van der Waals surface area contributed by atoms with Crippen molar-refractivity contribution in [3.8, 4) is 17.1 Å². The van der Waals surface area contributed by atoms with Crippen LogP contribution in [0.3, 0.4) is 0 Å². The number of hydrogen-bond donors (Lipinski definition) is 1. The minimum atomic E-state index is 0.145. The lowest BCUT2D eigenvalue weighted by molar-refractivity contribution is 0.191. The van der Waals surface area contributed by atoms with Gasteiger partial charge >= 0.3 is 0 Å². The van der Waals surface area contributed by atoms with Gasteiger partial charge in [-0.15, -0.1) is 10.2 Å². The van der Waals surface area contributed by atoms with Crippen LogP contribution in [0.15, 0.2) is 24.3 Å². The highest BCUT2D eigenvalue weighted by Crippen LogP contribution is 2.27. The molecule has 2 heterocycles. The summed E-state index contributed by atoms with van der Waals surface area (Å²) in [5.74, 6) is 3.00. The van der Waals surface area contributed by atoms with Gasteiger partial charge in [0.1, 0.15) is 11.6 Å². The minimum absolute atomic E-state index is 0.145. The summed E-state index contributed by atoms with van der Waals surface area (Å²) in [7, 11) is 0. The SMILES string of the molecule is CC(C)Oc1cccc(-c2nnc3n2CC(CO)CC3)c1. The summed E-state index contributed by atoms with van der Waals surface area (Å²) in [5, 5.41) is 18.0. The highest BCUT2D eigenvalue weighted by Gasteiger charge is 2.23. The van der Waals surface area contributed by atoms with Crippen LogP contribution in [-0.2, 0) is 13.0 Å². The maximum atomic E-state index is 9.38. The van der Waals surface area contributed by atoms with Gasteiger partial charge < -0.3 is 14.4 Å². The zero-order valence-electron chi connectivity index (χ0n) is 12.5. The van der Waals surface area contributed by atoms with Crippen LogP contribution in [0.5, 0.6) is 5.75 Å². The number of benzene rings is 1. The van der Waals surface area contributed by atoms with Crippen LogP contribution in [-0.4, -0.2) is 32.6 Å². The number of aromatic nitrogens is 3. The molecule has 0 bridgehead atoms. The number of fused-ring (bicyclic) bond motifs is 1. The molecule has 0 saturated carbocycles. The van der Waals surface area contributed by atoms with Gasteiger partial charge in [-0.25, -0.2) is 0 Å². The zero-order valence-corrected chi connectivity index (χ0v) is 12.5. The van der Waals surface area contributed by atoms with Crippen molar-refractivity contribution in [1.82, 2.24) is 14.8 Å². The highest BCUT2D eigenvalue weighted by atomic mass is 16.5. The lowest BCUT2D eigenvalue weighted by Crippen LogP contribution is -2.23. The molecule has 0 amide bonds. The lowest BCUT2D eigenvalue weighted by atomic mass is 10.00. The summed E-state index contributed by atoms with van der Waals surface area (Å²) in [5.41, 5.74) is 1.01. The van der Waals surface area contributed by atoms with Crippen molar-refractivity contribution < 1.29 is 9.84 Å². The summed E-state index contributed by atoms with van der Waals surface area (Å²) in [4.78, 5) is 0. The van der Waals surface area contributed by atoms with Gasteiger partial charge in [0.05, 0.1) is 6.10 Å². The van der Waals surface area contributed by atoms with Crippen molar-refractivity contribution in [1.29, 1.82) is 0 Å². The van der Waals surface area contributed by atoms with E-state index >= 15 is 0 Å². The molecule has 1 aromatic carbocycles. The van der Waals surface area contributed by atoms with Gasteiger partial charge in [0.2, 0.25) is 0 Å². The predicted molar refractivity (Wildman–Crippen MR) is 80.1 cm³/mol. The first-order chi connectivity index (χ1) is 10.2. The molecule has 1 unspecified atom stereocenters. The first-order valence-electron chi connectivity index (χ1n) is 7.47. The van der Waals surface area contributed by atoms with Gasteiger partial charge in [0.25, 0.3) is 0 Å². The summed E-state index contributed by atoms with van der Waals surface area (Å²) in [6.07, 6.45) is 2.00. The summed E-state index contributed by atoms with van der Waals surface area (Å²) >= 11 is 0. The number of aliphatic hydroxyl groups excluding tert-OH is 1. The van der Waals surface area contributed by atoms with Gasteiger partial charge in [-0.3, -0.25) is 0 Å². The molecule has 0 spiro atoms. The maximum absolute atomic E-state index is 9.38. The van der Waals surface area contributed by atoms with E-state index in [0.717, 1.165) is 42.3 Å². The molecule has 0 radical (unpaired) electrons. The third kappa shape index (κ3) is 2.93. The van der Waals surface area contributed by atoms with Crippen molar-refractivity contribution in [2.45, 2.75) is 39.3 Å². The quantitative estimate of drug-likeness (QED) is 0.937. The number of aliphatic hydroxyl groups is 1. The standard InChI is InChI=1S/C16H21N3O2/c1-11(2)21-14-5-3-4-13(8-14)16-18-17-15-7-6-12(10-20)9-19(15)16/h3-5,8,11-12,20H,6-7,9-10H2,1-2H3. The Morgan fingerprint density at radius 3 is 3.00 bits per heavy atom. The van der Waals surface area contributed by atoms with Gasteiger partial charge in [-0.1, -0.05) is 12.1 Å². The predicted octanol–water partition coefficient (Wildman–Crippen LogP) is 2.29. The summed E-state index contributed by atoms with van der Waals surface area (Å²) in [6, 6.07) is 7.95. The van der Waals surface area contributed by atoms with Gasteiger partial charge in [-0.05, 0) is 32.4 Å². The molecule has 1 aliphatic rings. The van der Waals surface area contributed by atoms with Crippen molar-refractivity contribution in [2.75, 3.05) is 6.61 Å². The first kappa shape index (κ1) is 14.1. The van der Waals surface area contributed by atoms with Crippen molar-refractivity contribution in [3.05, 3.63) is 30.1 Å². The molecule has 0 fully saturated rings. The van der Waals surface area contributed by atoms with E-state index in [9.17, 15) is 5.11 Å². The van der Waals surface area contributed by atoms with Gasteiger partial charge in [-0.2, -0.15) is 0 Å². The van der Waals surface area contributed by atoms with Crippen LogP contribution in [0.4, 0.5) is 0 Å². The van der Waals surface area contributed by atoms with Crippen molar-refractivity contribution in [3.63, 3.8) is 0 Å². The third-order valence-corrected chi connectivity index (χ3v) is 3.77. The Balaban J connectivity index is 1.93. The van der Waals surface area contributed by atoms with Crippen molar-refractivity contribution in [2.24, 2.45) is 5.92 Å². The van der Waals surface area contributed by atoms with Crippen LogP contribution < -0.4 is 4.74 Å². The second-order valence-corrected chi connectivity index (χ2v) is 5.83. The smallest absolute Gasteiger partial charge is 0.164 e. The third-order valence-electron chi connectivity index (χ3n) is 3.77. The Bertz CT molecular complexity index is 622. The maximum Gasteiger partial charge on any atom is 0.164 e. The minimum Gasteiger partial charge on any atom is -0.491 e. The van der Waals surface area contributed by atoms with E-state index in [1.165, 1.54) is 0 Å². The van der Waals surface area contributed by atoms with E-state index < -0.39 is 0 Å². The number of ether oxygens (including phenoxy) is 1. The topological polar surface area (TPSA) is 60.2 Å². The fraction of sp³-hybridized carbons (Fsp3) is 0.500. The van der Waals surface area contributed by atoms with Crippen LogP contribution in [0, 0.1) is 5.92 Å². The summed E-state index contributed by atoms with van der Waals surface area (Å²) < 4.78 is 7.87. The van der Waals surface area contributed by atoms with E-state index in [-0.39, 0.29) is 12.7 Å². The molecule has 21 heavy (non-hydrogen) atoms. The largest absolute Gasteiger partial charge is 0.491 e. The fourth-order valence-electron chi connectivity index (χ4n) is 2.74. The second-order valence-electron chi connectivity index (χ2n) is 5.83. The van der Waals surface area contributed by atoms with Crippen LogP contribution in [0.25, 0.3) is 11.4 Å². The molecule has 1 aliphatic heterocycles. The number of aryl methyl sites for hydroxylation is 1. The Morgan fingerprint density at radius 2 is 2.24 bits per heavy atom. The Kier molecular flexibility index (Phi) is 3.92. The molecule has 5 nitrogen and oxygen atoms in total. The van der Waals surface area contributed by atoms with Crippen LogP contribution in [0.1, 0.15) is 26.1 Å². The zero-order chi connectivity index (χ0) is 14.8. The molecule has 0 aliphatic carbocycles. The molecule has 5 heteroatoms. The van der Waals surface area contributed by atoms with Crippen LogP contribution >= 0.6 is 0 Å². The van der Waals surface area contributed by atoms with Gasteiger partial charge in [0, 0.05) is 31.1 Å². The molecule has 1 atom stereocenters. The monoisotopic (exact) mass is 287 g/mol. The van der Waals surface area contributed by atoms with Crippen molar-refractivity contribution >= 4 is 0 Å². The van der Waals surface area contributed by atoms with E-state index in [4.69, 9.17) is 4.74 Å². The Hall–Kier alpha value is -1.88. The first-order valence-corrected chi connectivity index (χ1v) is 7.47. The molecule has 3 rings (SSSR count). The Labute approximate surface area is 124 Å². The number of nitrogens with zero attached hydrogens (tertiary/aromatic N) is 3. The molecule has 0 saturated heterocycles. The summed E-state index contributed by atoms with van der Waals surface area (Å²) in [6.45, 7) is 5.02. The average Bonchev–Trinajstić information content (AvgIpc) is 2.89. The van der Waals surface area contributed by atoms with Gasteiger partial charge in [0.15, 0.2) is 5.82 Å². The normalized spacial score (nSPS) is 17.8. The Morgan fingerprint density at radius 1 is 1.38 bits per heavy atom. The molecule has 112 valence electrons. The molecular weight excluding hydrogens is 266 g/mol. The van der Waals surface area contributed by atoms with E-state index in [2.05, 4.69) is 14.8 Å². The molecule has 1 aromatic heterocycles. The van der Waals surface area contributed by atoms with E-state index in [1.807, 2.05) is 38.1 Å². The molecule has 1 N–H and O–H groups in total. The van der Waals surface area contributed by atoms with E-state index in [1.54, 1.807) is 0 Å². The lowest BCUT2D eigenvalue weighted by Gasteiger charge is -2.22. The molecule has 2 aromatic rings. The van der Waals surface area contributed by atoms with E-state index in [0.29, 0.717) is 5.92 Å². The number of hydrogen-bond acceptors (Lipinski definition) is 4. The number of rotatable bonds is 4. The van der Waals surface area contributed by atoms with Crippen LogP contribution in [0.2, 0.25) is 0 Å². The highest BCUT2D eigenvalue weighted by molar-refractivity contribution is 5.58. The molecular formula is C16H21N3O2. The second kappa shape index (κ2) is 5.85.